The van der Waals surface area contributed by atoms with E-state index in [1.807, 2.05) is 31.2 Å². The minimum Gasteiger partial charge on any atom is -0.481 e. The largest absolute Gasteiger partial charge is 0.481 e. The van der Waals surface area contributed by atoms with Crippen molar-refractivity contribution in [2.45, 2.75) is 25.8 Å². The Balaban J connectivity index is 2.16. The SMILES string of the molecule is Cc1ccc(C[C@@H](C(=O)O)N2CC(C(=O)O)CC2=O)cc1. The predicted octanol–water partition coefficient (Wildman–Crippen LogP) is 0.924. The lowest BCUT2D eigenvalue weighted by Gasteiger charge is -2.24. The standard InChI is InChI=1S/C15H17NO5/c1-9-2-4-10(5-3-9)6-12(15(20)21)16-8-11(14(18)19)7-13(16)17/h2-5,11-12H,6-8H2,1H3,(H,18,19)(H,20,21)/t11?,12-/m0/s1. The maximum absolute atomic E-state index is 11.9. The average Bonchev–Trinajstić information content (AvgIpc) is 2.80. The smallest absolute Gasteiger partial charge is 0.326 e. The summed E-state index contributed by atoms with van der Waals surface area (Å²) >= 11 is 0. The zero-order chi connectivity index (χ0) is 15.6. The molecule has 0 radical (unpaired) electrons. The molecule has 112 valence electrons. The summed E-state index contributed by atoms with van der Waals surface area (Å²) in [6.45, 7) is 1.89. The summed E-state index contributed by atoms with van der Waals surface area (Å²) in [7, 11) is 0. The van der Waals surface area contributed by atoms with Crippen LogP contribution in [0.5, 0.6) is 0 Å². The molecule has 0 aliphatic carbocycles. The lowest BCUT2D eigenvalue weighted by Crippen LogP contribution is -2.44. The Morgan fingerprint density at radius 2 is 1.90 bits per heavy atom. The normalized spacial score (nSPS) is 19.6. The number of hydrogen-bond donors (Lipinski definition) is 2. The van der Waals surface area contributed by atoms with Crippen LogP contribution in [0.2, 0.25) is 0 Å². The summed E-state index contributed by atoms with van der Waals surface area (Å²) in [5.74, 6) is -3.42. The van der Waals surface area contributed by atoms with Crippen molar-refractivity contribution in [1.29, 1.82) is 0 Å². The van der Waals surface area contributed by atoms with Crippen molar-refractivity contribution in [3.05, 3.63) is 35.4 Å². The van der Waals surface area contributed by atoms with Gasteiger partial charge in [-0.05, 0) is 12.5 Å². The first-order valence-electron chi connectivity index (χ1n) is 6.69. The molecule has 2 N–H and O–H groups in total. The van der Waals surface area contributed by atoms with Gasteiger partial charge >= 0.3 is 11.9 Å². The van der Waals surface area contributed by atoms with E-state index >= 15 is 0 Å². The third kappa shape index (κ3) is 3.39. The van der Waals surface area contributed by atoms with Crippen LogP contribution in [0, 0.1) is 12.8 Å². The number of likely N-dealkylation sites (tertiary alicyclic amines) is 1. The van der Waals surface area contributed by atoms with Crippen LogP contribution in [-0.4, -0.2) is 45.5 Å². The van der Waals surface area contributed by atoms with Crippen molar-refractivity contribution in [1.82, 2.24) is 4.90 Å². The third-order valence-corrected chi connectivity index (χ3v) is 3.72. The van der Waals surface area contributed by atoms with Crippen LogP contribution in [0.3, 0.4) is 0 Å². The Morgan fingerprint density at radius 3 is 2.38 bits per heavy atom. The molecule has 1 heterocycles. The Morgan fingerprint density at radius 1 is 1.29 bits per heavy atom. The molecule has 6 nitrogen and oxygen atoms in total. The molecule has 1 aliphatic heterocycles. The molecule has 0 spiro atoms. The van der Waals surface area contributed by atoms with Crippen molar-refractivity contribution in [2.24, 2.45) is 5.92 Å². The van der Waals surface area contributed by atoms with Gasteiger partial charge in [0.15, 0.2) is 0 Å². The lowest BCUT2D eigenvalue weighted by molar-refractivity contribution is -0.148. The second-order valence-electron chi connectivity index (χ2n) is 5.33. The van der Waals surface area contributed by atoms with Crippen LogP contribution in [0.4, 0.5) is 0 Å². The van der Waals surface area contributed by atoms with Crippen molar-refractivity contribution >= 4 is 17.8 Å². The summed E-state index contributed by atoms with van der Waals surface area (Å²) in [6.07, 6.45) is 0.0424. The summed E-state index contributed by atoms with van der Waals surface area (Å²) in [5.41, 5.74) is 1.87. The molecule has 1 fully saturated rings. The highest BCUT2D eigenvalue weighted by Crippen LogP contribution is 2.22. The molecule has 1 amide bonds. The van der Waals surface area contributed by atoms with Crippen molar-refractivity contribution in [2.75, 3.05) is 6.54 Å². The Kier molecular flexibility index (Phi) is 4.26. The highest BCUT2D eigenvalue weighted by molar-refractivity contribution is 5.89. The predicted molar refractivity (Wildman–Crippen MR) is 73.8 cm³/mol. The van der Waals surface area contributed by atoms with Crippen LogP contribution in [0.1, 0.15) is 17.5 Å². The molecule has 1 aliphatic rings. The van der Waals surface area contributed by atoms with Gasteiger partial charge in [0, 0.05) is 19.4 Å². The van der Waals surface area contributed by atoms with E-state index in [4.69, 9.17) is 5.11 Å². The van der Waals surface area contributed by atoms with E-state index in [9.17, 15) is 19.5 Å². The minimum atomic E-state index is -1.12. The van der Waals surface area contributed by atoms with Gasteiger partial charge in [-0.25, -0.2) is 4.79 Å². The molecule has 1 aromatic carbocycles. The molecular weight excluding hydrogens is 274 g/mol. The fourth-order valence-electron chi connectivity index (χ4n) is 2.48. The number of hydrogen-bond acceptors (Lipinski definition) is 3. The molecule has 2 atom stereocenters. The number of nitrogens with zero attached hydrogens (tertiary/aromatic N) is 1. The first kappa shape index (κ1) is 15.0. The number of aliphatic carboxylic acids is 2. The number of carbonyl (C=O) groups excluding carboxylic acids is 1. The number of aryl methyl sites for hydroxylation is 1. The third-order valence-electron chi connectivity index (χ3n) is 3.72. The molecule has 2 rings (SSSR count). The van der Waals surface area contributed by atoms with Gasteiger partial charge in [-0.3, -0.25) is 9.59 Å². The Hall–Kier alpha value is -2.37. The van der Waals surface area contributed by atoms with E-state index in [-0.39, 0.29) is 19.4 Å². The van der Waals surface area contributed by atoms with E-state index in [0.717, 1.165) is 11.1 Å². The summed E-state index contributed by atoms with van der Waals surface area (Å²) in [4.78, 5) is 35.4. The number of carbonyl (C=O) groups is 3. The van der Waals surface area contributed by atoms with Gasteiger partial charge in [0.1, 0.15) is 6.04 Å². The summed E-state index contributed by atoms with van der Waals surface area (Å²) in [5, 5.41) is 18.3. The fraction of sp³-hybridized carbons (Fsp3) is 0.400. The number of rotatable bonds is 5. The van der Waals surface area contributed by atoms with Crippen molar-refractivity contribution in [3.63, 3.8) is 0 Å². The molecule has 0 aromatic heterocycles. The number of benzene rings is 1. The molecule has 0 bridgehead atoms. The van der Waals surface area contributed by atoms with Crippen LogP contribution in [-0.2, 0) is 20.8 Å². The second kappa shape index (κ2) is 5.95. The minimum absolute atomic E-state index is 0.0446. The van der Waals surface area contributed by atoms with Gasteiger partial charge in [-0.1, -0.05) is 29.8 Å². The van der Waals surface area contributed by atoms with Crippen molar-refractivity contribution in [3.8, 4) is 0 Å². The highest BCUT2D eigenvalue weighted by Gasteiger charge is 2.40. The monoisotopic (exact) mass is 291 g/mol. The molecule has 6 heteroatoms. The van der Waals surface area contributed by atoms with Gasteiger partial charge in [0.05, 0.1) is 5.92 Å². The van der Waals surface area contributed by atoms with Gasteiger partial charge < -0.3 is 15.1 Å². The van der Waals surface area contributed by atoms with E-state index < -0.39 is 29.8 Å². The van der Waals surface area contributed by atoms with Crippen LogP contribution in [0.15, 0.2) is 24.3 Å². The van der Waals surface area contributed by atoms with Gasteiger partial charge in [-0.2, -0.15) is 0 Å². The molecular formula is C15H17NO5. The fourth-order valence-corrected chi connectivity index (χ4v) is 2.48. The topological polar surface area (TPSA) is 94.9 Å². The molecule has 1 aromatic rings. The van der Waals surface area contributed by atoms with Crippen LogP contribution in [0.25, 0.3) is 0 Å². The first-order chi connectivity index (χ1) is 9.88. The number of carboxylic acids is 2. The zero-order valence-electron chi connectivity index (χ0n) is 11.7. The van der Waals surface area contributed by atoms with E-state index in [1.165, 1.54) is 4.90 Å². The molecule has 21 heavy (non-hydrogen) atoms. The van der Waals surface area contributed by atoms with Gasteiger partial charge in [0.2, 0.25) is 5.91 Å². The summed E-state index contributed by atoms with van der Waals surface area (Å²) < 4.78 is 0. The maximum Gasteiger partial charge on any atom is 0.326 e. The Labute approximate surface area is 122 Å². The highest BCUT2D eigenvalue weighted by atomic mass is 16.4. The zero-order valence-corrected chi connectivity index (χ0v) is 11.7. The maximum atomic E-state index is 11.9. The van der Waals surface area contributed by atoms with E-state index in [1.54, 1.807) is 0 Å². The van der Waals surface area contributed by atoms with Crippen LogP contribution >= 0.6 is 0 Å². The molecule has 1 unspecified atom stereocenters. The average molecular weight is 291 g/mol. The Bertz CT molecular complexity index is 566. The quantitative estimate of drug-likeness (QED) is 0.841. The van der Waals surface area contributed by atoms with E-state index in [2.05, 4.69) is 0 Å². The van der Waals surface area contributed by atoms with Gasteiger partial charge in [0.25, 0.3) is 0 Å². The number of carboxylic acid groups (broad SMARTS) is 2. The van der Waals surface area contributed by atoms with Gasteiger partial charge in [-0.15, -0.1) is 0 Å². The lowest BCUT2D eigenvalue weighted by atomic mass is 10.0. The second-order valence-corrected chi connectivity index (χ2v) is 5.33. The number of amides is 1. The van der Waals surface area contributed by atoms with E-state index in [0.29, 0.717) is 0 Å². The molecule has 0 saturated carbocycles. The van der Waals surface area contributed by atoms with Crippen LogP contribution < -0.4 is 0 Å². The first-order valence-corrected chi connectivity index (χ1v) is 6.69. The molecule has 1 saturated heterocycles. The van der Waals surface area contributed by atoms with Crippen molar-refractivity contribution < 1.29 is 24.6 Å². The summed E-state index contributed by atoms with van der Waals surface area (Å²) in [6, 6.07) is 6.37.